The third-order valence-corrected chi connectivity index (χ3v) is 1.83. The first kappa shape index (κ1) is 10.6. The molecular formula is C8H7BrFN3O. The third kappa shape index (κ3) is 3.14. The van der Waals surface area contributed by atoms with Gasteiger partial charge >= 0.3 is 6.03 Å². The molecule has 0 aliphatic carbocycles. The zero-order valence-corrected chi connectivity index (χ0v) is 8.58. The number of primary amides is 1. The maximum atomic E-state index is 13.0. The number of rotatable bonds is 2. The van der Waals surface area contributed by atoms with E-state index in [1.54, 1.807) is 6.07 Å². The average Bonchev–Trinajstić information content (AvgIpc) is 2.10. The van der Waals surface area contributed by atoms with E-state index in [0.717, 1.165) is 4.47 Å². The van der Waals surface area contributed by atoms with Crippen molar-refractivity contribution in [2.75, 3.05) is 0 Å². The topological polar surface area (TPSA) is 67.5 Å². The molecular weight excluding hydrogens is 253 g/mol. The molecule has 0 aromatic heterocycles. The smallest absolute Gasteiger partial charge is 0.332 e. The van der Waals surface area contributed by atoms with Gasteiger partial charge in [0, 0.05) is 10.0 Å². The van der Waals surface area contributed by atoms with E-state index in [0.29, 0.717) is 0 Å². The molecule has 3 N–H and O–H groups in total. The number of halogens is 2. The maximum Gasteiger partial charge on any atom is 0.332 e. The van der Waals surface area contributed by atoms with Gasteiger partial charge in [0.05, 0.1) is 6.21 Å². The second kappa shape index (κ2) is 4.71. The van der Waals surface area contributed by atoms with Gasteiger partial charge in [0.2, 0.25) is 0 Å². The molecule has 4 nitrogen and oxygen atoms in total. The van der Waals surface area contributed by atoms with E-state index in [4.69, 9.17) is 5.73 Å². The summed E-state index contributed by atoms with van der Waals surface area (Å²) in [6.45, 7) is 0. The number of carbonyl (C=O) groups excluding carboxylic acids is 1. The maximum absolute atomic E-state index is 13.0. The first-order chi connectivity index (χ1) is 6.59. The van der Waals surface area contributed by atoms with E-state index in [1.807, 2.05) is 5.43 Å². The van der Waals surface area contributed by atoms with Crippen LogP contribution in [0.5, 0.6) is 0 Å². The van der Waals surface area contributed by atoms with Crippen molar-refractivity contribution in [1.29, 1.82) is 0 Å². The summed E-state index contributed by atoms with van der Waals surface area (Å²) in [4.78, 5) is 10.2. The second-order valence-corrected chi connectivity index (χ2v) is 3.32. The molecule has 0 aliphatic heterocycles. The molecule has 0 radical (unpaired) electrons. The fraction of sp³-hybridized carbons (Fsp3) is 0. The molecule has 0 unspecified atom stereocenters. The highest BCUT2D eigenvalue weighted by atomic mass is 79.9. The molecule has 0 heterocycles. The van der Waals surface area contributed by atoms with Crippen LogP contribution in [0.4, 0.5) is 9.18 Å². The van der Waals surface area contributed by atoms with Crippen LogP contribution in [-0.2, 0) is 0 Å². The van der Waals surface area contributed by atoms with Crippen LogP contribution in [0.25, 0.3) is 0 Å². The minimum Gasteiger partial charge on any atom is -0.350 e. The molecule has 14 heavy (non-hydrogen) atoms. The zero-order valence-electron chi connectivity index (χ0n) is 7.00. The summed E-state index contributed by atoms with van der Waals surface area (Å²) in [5.41, 5.74) is 6.98. The van der Waals surface area contributed by atoms with Gasteiger partial charge in [-0.2, -0.15) is 5.10 Å². The minimum atomic E-state index is -0.795. The number of amides is 2. The summed E-state index contributed by atoms with van der Waals surface area (Å²) in [5, 5.41) is 3.43. The van der Waals surface area contributed by atoms with Crippen LogP contribution in [0.2, 0.25) is 0 Å². The molecule has 1 aromatic carbocycles. The van der Waals surface area contributed by atoms with E-state index < -0.39 is 11.8 Å². The molecule has 1 rings (SSSR count). The summed E-state index contributed by atoms with van der Waals surface area (Å²) in [6.07, 6.45) is 1.17. The highest BCUT2D eigenvalue weighted by Gasteiger charge is 1.99. The van der Waals surface area contributed by atoms with Gasteiger partial charge in [0.25, 0.3) is 0 Å². The minimum absolute atomic E-state index is 0.258. The Morgan fingerprint density at radius 3 is 3.00 bits per heavy atom. The number of carbonyl (C=O) groups is 1. The van der Waals surface area contributed by atoms with Crippen LogP contribution >= 0.6 is 15.9 Å². The normalized spacial score (nSPS) is 10.4. The third-order valence-electron chi connectivity index (χ3n) is 1.34. The van der Waals surface area contributed by atoms with Gasteiger partial charge in [-0.25, -0.2) is 14.6 Å². The number of hydrazone groups is 1. The van der Waals surface area contributed by atoms with Crippen molar-refractivity contribution in [3.8, 4) is 0 Å². The summed E-state index contributed by atoms with van der Waals surface area (Å²) in [5.74, 6) is -0.428. The SMILES string of the molecule is NC(=O)NN=Cc1cc(Br)ccc1F. The Morgan fingerprint density at radius 2 is 2.36 bits per heavy atom. The predicted molar refractivity (Wildman–Crippen MR) is 54.4 cm³/mol. The first-order valence-corrected chi connectivity index (χ1v) is 4.42. The lowest BCUT2D eigenvalue weighted by molar-refractivity contribution is 0.249. The molecule has 0 bridgehead atoms. The van der Waals surface area contributed by atoms with Gasteiger partial charge in [-0.1, -0.05) is 15.9 Å². The highest BCUT2D eigenvalue weighted by Crippen LogP contribution is 2.13. The largest absolute Gasteiger partial charge is 0.350 e. The zero-order chi connectivity index (χ0) is 10.6. The molecule has 1 aromatic rings. The Bertz CT molecular complexity index is 381. The Morgan fingerprint density at radius 1 is 1.64 bits per heavy atom. The lowest BCUT2D eigenvalue weighted by atomic mass is 10.2. The van der Waals surface area contributed by atoms with E-state index in [-0.39, 0.29) is 5.56 Å². The molecule has 2 amide bonds. The number of benzene rings is 1. The molecule has 0 spiro atoms. The van der Waals surface area contributed by atoms with Crippen LogP contribution < -0.4 is 11.2 Å². The van der Waals surface area contributed by atoms with Crippen molar-refractivity contribution < 1.29 is 9.18 Å². The van der Waals surface area contributed by atoms with Crippen molar-refractivity contribution in [3.63, 3.8) is 0 Å². The number of nitrogens with one attached hydrogen (secondary N) is 1. The molecule has 0 saturated carbocycles. The van der Waals surface area contributed by atoms with Gasteiger partial charge in [-0.05, 0) is 18.2 Å². The quantitative estimate of drug-likeness (QED) is 0.615. The van der Waals surface area contributed by atoms with Crippen LogP contribution in [-0.4, -0.2) is 12.2 Å². The van der Waals surface area contributed by atoms with Crippen LogP contribution in [0.3, 0.4) is 0 Å². The Balaban J connectivity index is 2.80. The fourth-order valence-electron chi connectivity index (χ4n) is 0.779. The Hall–Kier alpha value is -1.43. The molecule has 0 fully saturated rings. The Kier molecular flexibility index (Phi) is 3.58. The van der Waals surface area contributed by atoms with E-state index in [1.165, 1.54) is 18.3 Å². The first-order valence-electron chi connectivity index (χ1n) is 3.63. The standard InChI is InChI=1S/C8H7BrFN3O/c9-6-1-2-7(10)5(3-6)4-12-13-8(11)14/h1-4H,(H3,11,13,14). The van der Waals surface area contributed by atoms with Crippen molar-refractivity contribution in [1.82, 2.24) is 5.43 Å². The van der Waals surface area contributed by atoms with Gasteiger partial charge in [-0.3, -0.25) is 0 Å². The van der Waals surface area contributed by atoms with Crippen molar-refractivity contribution in [2.45, 2.75) is 0 Å². The van der Waals surface area contributed by atoms with Crippen molar-refractivity contribution in [3.05, 3.63) is 34.1 Å². The summed E-state index contributed by atoms with van der Waals surface area (Å²) < 4.78 is 13.8. The molecule has 0 atom stereocenters. The molecule has 6 heteroatoms. The number of hydrogen-bond donors (Lipinski definition) is 2. The van der Waals surface area contributed by atoms with E-state index in [2.05, 4.69) is 21.0 Å². The van der Waals surface area contributed by atoms with Gasteiger partial charge in [-0.15, -0.1) is 0 Å². The second-order valence-electron chi connectivity index (χ2n) is 2.40. The molecule has 0 aliphatic rings. The van der Waals surface area contributed by atoms with E-state index in [9.17, 15) is 9.18 Å². The number of urea groups is 1. The van der Waals surface area contributed by atoms with Gasteiger partial charge in [0.15, 0.2) is 0 Å². The predicted octanol–water partition coefficient (Wildman–Crippen LogP) is 1.59. The van der Waals surface area contributed by atoms with Crippen molar-refractivity contribution >= 4 is 28.2 Å². The van der Waals surface area contributed by atoms with Gasteiger partial charge < -0.3 is 5.73 Å². The van der Waals surface area contributed by atoms with Crippen LogP contribution in [0.1, 0.15) is 5.56 Å². The number of hydrogen-bond acceptors (Lipinski definition) is 2. The van der Waals surface area contributed by atoms with Crippen molar-refractivity contribution in [2.24, 2.45) is 10.8 Å². The lowest BCUT2D eigenvalue weighted by Gasteiger charge is -1.97. The van der Waals surface area contributed by atoms with Crippen LogP contribution in [0, 0.1) is 5.82 Å². The lowest BCUT2D eigenvalue weighted by Crippen LogP contribution is -2.24. The van der Waals surface area contributed by atoms with E-state index >= 15 is 0 Å². The van der Waals surface area contributed by atoms with Gasteiger partial charge in [0.1, 0.15) is 5.82 Å². The number of nitrogens with zero attached hydrogens (tertiary/aromatic N) is 1. The summed E-state index contributed by atoms with van der Waals surface area (Å²) in [6, 6.07) is 3.59. The molecule has 74 valence electrons. The number of nitrogens with two attached hydrogens (primary N) is 1. The summed E-state index contributed by atoms with van der Waals surface area (Å²) in [7, 11) is 0. The highest BCUT2D eigenvalue weighted by molar-refractivity contribution is 9.10. The summed E-state index contributed by atoms with van der Waals surface area (Å²) >= 11 is 3.18. The fourth-order valence-corrected chi connectivity index (χ4v) is 1.16. The monoisotopic (exact) mass is 259 g/mol. The average molecular weight is 260 g/mol. The Labute approximate surface area is 88.1 Å². The van der Waals surface area contributed by atoms with Crippen LogP contribution in [0.15, 0.2) is 27.8 Å². The molecule has 0 saturated heterocycles.